The highest BCUT2D eigenvalue weighted by atomic mass is 16.5. The van der Waals surface area contributed by atoms with Crippen LogP contribution in [0.15, 0.2) is 58.8 Å². The van der Waals surface area contributed by atoms with Crippen molar-refractivity contribution in [2.24, 2.45) is 0 Å². The maximum Gasteiger partial charge on any atom is 0.322 e. The molecule has 2 heterocycles. The molecular formula is C24H26N4O3. The standard InChI is InChI=1S/C24H26N4O3/c1-15-8-10-18(11-9-15)21-20(17(3)28(12-13-30-4)24(29)25-21)23-26-22(27-31-23)19-7-5-6-16(2)14-19/h5-11,14,21H,12-13H2,1-4H3,(H,25,29). The molecule has 0 radical (unpaired) electrons. The van der Waals surface area contributed by atoms with E-state index in [2.05, 4.69) is 15.5 Å². The summed E-state index contributed by atoms with van der Waals surface area (Å²) in [6.45, 7) is 6.81. The van der Waals surface area contributed by atoms with Crippen molar-refractivity contribution in [2.45, 2.75) is 26.8 Å². The Hall–Kier alpha value is -3.45. The van der Waals surface area contributed by atoms with Gasteiger partial charge in [0.25, 0.3) is 5.89 Å². The summed E-state index contributed by atoms with van der Waals surface area (Å²) < 4.78 is 10.9. The van der Waals surface area contributed by atoms with Gasteiger partial charge < -0.3 is 14.6 Å². The lowest BCUT2D eigenvalue weighted by Crippen LogP contribution is -2.47. The number of nitrogens with zero attached hydrogens (tertiary/aromatic N) is 3. The number of methoxy groups -OCH3 is 1. The molecular weight excluding hydrogens is 392 g/mol. The quantitative estimate of drug-likeness (QED) is 0.638. The molecule has 0 aliphatic carbocycles. The molecule has 1 N–H and O–H groups in total. The van der Waals surface area contributed by atoms with E-state index < -0.39 is 6.04 Å². The van der Waals surface area contributed by atoms with Gasteiger partial charge in [-0.2, -0.15) is 4.98 Å². The molecule has 160 valence electrons. The van der Waals surface area contributed by atoms with E-state index in [1.54, 1.807) is 12.0 Å². The molecule has 3 aromatic rings. The highest BCUT2D eigenvalue weighted by Gasteiger charge is 2.35. The zero-order valence-electron chi connectivity index (χ0n) is 18.2. The van der Waals surface area contributed by atoms with Crippen LogP contribution >= 0.6 is 0 Å². The predicted octanol–water partition coefficient (Wildman–Crippen LogP) is 4.50. The van der Waals surface area contributed by atoms with E-state index in [0.717, 1.165) is 33.5 Å². The van der Waals surface area contributed by atoms with E-state index in [0.29, 0.717) is 24.9 Å². The van der Waals surface area contributed by atoms with Crippen LogP contribution in [0.4, 0.5) is 4.79 Å². The minimum absolute atomic E-state index is 0.178. The predicted molar refractivity (Wildman–Crippen MR) is 118 cm³/mol. The molecule has 7 nitrogen and oxygen atoms in total. The van der Waals surface area contributed by atoms with Crippen LogP contribution in [0.3, 0.4) is 0 Å². The molecule has 1 atom stereocenters. The first-order chi connectivity index (χ1) is 15.0. The molecule has 2 aromatic carbocycles. The van der Waals surface area contributed by atoms with E-state index in [-0.39, 0.29) is 6.03 Å². The Kier molecular flexibility index (Phi) is 5.86. The van der Waals surface area contributed by atoms with E-state index in [1.807, 2.05) is 69.3 Å². The fourth-order valence-corrected chi connectivity index (χ4v) is 3.75. The SMILES string of the molecule is COCCN1C(=O)NC(c2ccc(C)cc2)C(c2nc(-c3cccc(C)c3)no2)=C1C. The number of hydrogen-bond acceptors (Lipinski definition) is 5. The number of aromatic nitrogens is 2. The Morgan fingerprint density at radius 3 is 2.58 bits per heavy atom. The minimum Gasteiger partial charge on any atom is -0.383 e. The summed E-state index contributed by atoms with van der Waals surface area (Å²) in [4.78, 5) is 19.2. The molecule has 1 aliphatic heterocycles. The highest BCUT2D eigenvalue weighted by molar-refractivity contribution is 5.86. The number of carbonyl (C=O) groups is 1. The molecule has 31 heavy (non-hydrogen) atoms. The zero-order valence-corrected chi connectivity index (χ0v) is 18.2. The van der Waals surface area contributed by atoms with Crippen LogP contribution in [0.25, 0.3) is 17.0 Å². The van der Waals surface area contributed by atoms with Gasteiger partial charge in [0, 0.05) is 18.4 Å². The van der Waals surface area contributed by atoms with Gasteiger partial charge in [0.1, 0.15) is 0 Å². The van der Waals surface area contributed by atoms with Crippen molar-refractivity contribution in [1.82, 2.24) is 20.4 Å². The number of benzene rings is 2. The summed E-state index contributed by atoms with van der Waals surface area (Å²) in [6.07, 6.45) is 0. The van der Waals surface area contributed by atoms with Crippen molar-refractivity contribution >= 4 is 11.6 Å². The molecule has 1 aromatic heterocycles. The Labute approximate surface area is 181 Å². The van der Waals surface area contributed by atoms with Gasteiger partial charge in [-0.1, -0.05) is 58.7 Å². The Bertz CT molecular complexity index is 1120. The maximum atomic E-state index is 12.9. The first-order valence-electron chi connectivity index (χ1n) is 10.2. The first-order valence-corrected chi connectivity index (χ1v) is 10.2. The maximum absolute atomic E-state index is 12.9. The fourth-order valence-electron chi connectivity index (χ4n) is 3.75. The highest BCUT2D eigenvalue weighted by Crippen LogP contribution is 2.37. The Morgan fingerprint density at radius 2 is 1.87 bits per heavy atom. The molecule has 0 bridgehead atoms. The summed E-state index contributed by atoms with van der Waals surface area (Å²) in [6, 6.07) is 15.5. The van der Waals surface area contributed by atoms with Gasteiger partial charge in [0.15, 0.2) is 0 Å². The Balaban J connectivity index is 1.80. The van der Waals surface area contributed by atoms with Gasteiger partial charge in [0.2, 0.25) is 5.82 Å². The normalized spacial score (nSPS) is 16.6. The fraction of sp³-hybridized carbons (Fsp3) is 0.292. The third kappa shape index (κ3) is 4.22. The minimum atomic E-state index is -0.391. The summed E-state index contributed by atoms with van der Waals surface area (Å²) >= 11 is 0. The van der Waals surface area contributed by atoms with Crippen molar-refractivity contribution in [3.05, 3.63) is 76.8 Å². The average molecular weight is 418 g/mol. The number of nitrogens with one attached hydrogen (secondary N) is 1. The van der Waals surface area contributed by atoms with Gasteiger partial charge in [-0.15, -0.1) is 0 Å². The number of allylic oxidation sites excluding steroid dienone is 1. The largest absolute Gasteiger partial charge is 0.383 e. The van der Waals surface area contributed by atoms with Gasteiger partial charge in [-0.25, -0.2) is 4.79 Å². The second kappa shape index (κ2) is 8.73. The monoisotopic (exact) mass is 418 g/mol. The van der Waals surface area contributed by atoms with E-state index >= 15 is 0 Å². The summed E-state index contributed by atoms with van der Waals surface area (Å²) in [5.41, 5.74) is 5.66. The Morgan fingerprint density at radius 1 is 1.10 bits per heavy atom. The number of amides is 2. The lowest BCUT2D eigenvalue weighted by Gasteiger charge is -2.35. The molecule has 2 amide bonds. The number of carbonyl (C=O) groups excluding carboxylic acids is 1. The third-order valence-electron chi connectivity index (χ3n) is 5.46. The van der Waals surface area contributed by atoms with Crippen LogP contribution in [-0.4, -0.2) is 41.3 Å². The lowest BCUT2D eigenvalue weighted by molar-refractivity contribution is 0.158. The van der Waals surface area contributed by atoms with Crippen LogP contribution < -0.4 is 5.32 Å². The first kappa shape index (κ1) is 20.8. The van der Waals surface area contributed by atoms with Gasteiger partial charge in [0.05, 0.1) is 24.8 Å². The molecule has 1 unspecified atom stereocenters. The molecule has 0 saturated heterocycles. The average Bonchev–Trinajstić information content (AvgIpc) is 3.23. The smallest absolute Gasteiger partial charge is 0.322 e. The van der Waals surface area contributed by atoms with Gasteiger partial charge in [-0.05, 0) is 32.4 Å². The number of aryl methyl sites for hydroxylation is 2. The molecule has 1 aliphatic rings. The van der Waals surface area contributed by atoms with Crippen LogP contribution in [-0.2, 0) is 4.74 Å². The van der Waals surface area contributed by atoms with Crippen molar-refractivity contribution in [3.8, 4) is 11.4 Å². The van der Waals surface area contributed by atoms with Crippen LogP contribution in [0.2, 0.25) is 0 Å². The van der Waals surface area contributed by atoms with Crippen molar-refractivity contribution in [1.29, 1.82) is 0 Å². The molecule has 7 heteroatoms. The van der Waals surface area contributed by atoms with E-state index in [1.165, 1.54) is 0 Å². The second-order valence-corrected chi connectivity index (χ2v) is 7.73. The summed E-state index contributed by atoms with van der Waals surface area (Å²) in [5.74, 6) is 0.906. The summed E-state index contributed by atoms with van der Waals surface area (Å²) in [5, 5.41) is 7.30. The van der Waals surface area contributed by atoms with Crippen LogP contribution in [0.1, 0.15) is 35.5 Å². The topological polar surface area (TPSA) is 80.5 Å². The van der Waals surface area contributed by atoms with Crippen molar-refractivity contribution in [3.63, 3.8) is 0 Å². The number of urea groups is 1. The number of ether oxygens (including phenoxy) is 1. The molecule has 0 saturated carbocycles. The van der Waals surface area contributed by atoms with E-state index in [9.17, 15) is 4.79 Å². The molecule has 4 rings (SSSR count). The van der Waals surface area contributed by atoms with Crippen LogP contribution in [0.5, 0.6) is 0 Å². The molecule has 0 spiro atoms. The van der Waals surface area contributed by atoms with E-state index in [4.69, 9.17) is 9.26 Å². The molecule has 0 fully saturated rings. The van der Waals surface area contributed by atoms with Crippen LogP contribution in [0, 0.1) is 13.8 Å². The zero-order chi connectivity index (χ0) is 22.0. The van der Waals surface area contributed by atoms with Gasteiger partial charge >= 0.3 is 6.03 Å². The third-order valence-corrected chi connectivity index (χ3v) is 5.46. The van der Waals surface area contributed by atoms with Crippen molar-refractivity contribution < 1.29 is 14.1 Å². The van der Waals surface area contributed by atoms with Gasteiger partial charge in [-0.3, -0.25) is 4.90 Å². The number of hydrogen-bond donors (Lipinski definition) is 1. The lowest BCUT2D eigenvalue weighted by atomic mass is 9.94. The number of rotatable bonds is 6. The van der Waals surface area contributed by atoms with Crippen molar-refractivity contribution in [2.75, 3.05) is 20.3 Å². The summed E-state index contributed by atoms with van der Waals surface area (Å²) in [7, 11) is 1.61. The second-order valence-electron chi connectivity index (χ2n) is 7.73.